The average Bonchev–Trinajstić information content (AvgIpc) is 1.91. The second kappa shape index (κ2) is 2.92. The normalized spacial score (nSPS) is 11.3. The Hall–Kier alpha value is -1.40. The monoisotopic (exact) mass is 182 g/mol. The molecule has 0 saturated carbocycles. The largest absolute Gasteiger partial charge is 0.574 e. The van der Waals surface area contributed by atoms with Crippen molar-refractivity contribution >= 4 is 0 Å². The van der Waals surface area contributed by atoms with E-state index in [4.69, 9.17) is 0 Å². The van der Waals surface area contributed by atoms with Crippen LogP contribution in [0.2, 0.25) is 0 Å². The van der Waals surface area contributed by atoms with Crippen molar-refractivity contribution in [2.24, 2.45) is 0 Å². The Morgan fingerprint density at radius 3 is 2.25 bits per heavy atom. The molecule has 1 aromatic heterocycles. The summed E-state index contributed by atoms with van der Waals surface area (Å²) in [6.07, 6.45) is -3.14. The Labute approximate surface area is 64.0 Å². The molecule has 1 heterocycles. The molecular formula is C5H2F4N2O. The van der Waals surface area contributed by atoms with Crippen molar-refractivity contribution in [3.8, 4) is 5.88 Å². The molecule has 0 fully saturated rings. The number of aromatic nitrogens is 2. The van der Waals surface area contributed by atoms with E-state index in [-0.39, 0.29) is 0 Å². The van der Waals surface area contributed by atoms with E-state index >= 15 is 0 Å². The van der Waals surface area contributed by atoms with Crippen LogP contribution in [-0.2, 0) is 0 Å². The molecule has 0 bridgehead atoms. The maximum atomic E-state index is 12.3. The van der Waals surface area contributed by atoms with Gasteiger partial charge in [-0.25, -0.2) is 9.97 Å². The summed E-state index contributed by atoms with van der Waals surface area (Å²) in [4.78, 5) is 5.89. The standard InChI is InChI=1S/C5H2F4N2O/c6-3-4(11-2-1-10-3)12-5(7,8)9/h1-2H. The number of nitrogens with zero attached hydrogens (tertiary/aromatic N) is 2. The summed E-state index contributed by atoms with van der Waals surface area (Å²) in [6, 6.07) is 0. The van der Waals surface area contributed by atoms with Gasteiger partial charge in [-0.05, 0) is 0 Å². The topological polar surface area (TPSA) is 35.0 Å². The van der Waals surface area contributed by atoms with Gasteiger partial charge in [-0.15, -0.1) is 13.2 Å². The van der Waals surface area contributed by atoms with Crippen LogP contribution in [-0.4, -0.2) is 16.3 Å². The molecule has 0 saturated heterocycles. The Morgan fingerprint density at radius 2 is 1.75 bits per heavy atom. The third kappa shape index (κ3) is 2.33. The van der Waals surface area contributed by atoms with E-state index in [1.54, 1.807) is 0 Å². The van der Waals surface area contributed by atoms with Crippen LogP contribution in [0.4, 0.5) is 17.6 Å². The molecule has 0 aliphatic carbocycles. The molecule has 0 aromatic carbocycles. The predicted octanol–water partition coefficient (Wildman–Crippen LogP) is 1.51. The molecule has 66 valence electrons. The van der Waals surface area contributed by atoms with Crippen molar-refractivity contribution in [3.63, 3.8) is 0 Å². The van der Waals surface area contributed by atoms with Gasteiger partial charge < -0.3 is 4.74 Å². The van der Waals surface area contributed by atoms with Gasteiger partial charge in [0, 0.05) is 12.4 Å². The van der Waals surface area contributed by atoms with Gasteiger partial charge in [0.15, 0.2) is 0 Å². The molecule has 7 heteroatoms. The minimum atomic E-state index is -4.95. The molecule has 0 atom stereocenters. The summed E-state index contributed by atoms with van der Waals surface area (Å²) in [7, 11) is 0. The number of ether oxygens (including phenoxy) is 1. The lowest BCUT2D eigenvalue weighted by molar-refractivity contribution is -0.277. The fourth-order valence-corrected chi connectivity index (χ4v) is 0.486. The maximum Gasteiger partial charge on any atom is 0.574 e. The van der Waals surface area contributed by atoms with Crippen LogP contribution in [0.15, 0.2) is 12.4 Å². The third-order valence-electron chi connectivity index (χ3n) is 0.835. The lowest BCUT2D eigenvalue weighted by Crippen LogP contribution is -2.19. The van der Waals surface area contributed by atoms with Crippen LogP contribution in [0.3, 0.4) is 0 Å². The molecule has 1 rings (SSSR count). The summed E-state index contributed by atoms with van der Waals surface area (Å²) in [6.45, 7) is 0. The van der Waals surface area contributed by atoms with Gasteiger partial charge in [0.1, 0.15) is 0 Å². The summed E-state index contributed by atoms with van der Waals surface area (Å²) < 4.78 is 49.9. The Kier molecular flexibility index (Phi) is 2.11. The zero-order valence-corrected chi connectivity index (χ0v) is 5.47. The van der Waals surface area contributed by atoms with Crippen molar-refractivity contribution in [1.29, 1.82) is 0 Å². The molecule has 0 spiro atoms. The van der Waals surface area contributed by atoms with Crippen molar-refractivity contribution in [3.05, 3.63) is 18.3 Å². The van der Waals surface area contributed by atoms with Gasteiger partial charge in [0.2, 0.25) is 0 Å². The van der Waals surface area contributed by atoms with Crippen molar-refractivity contribution < 1.29 is 22.3 Å². The van der Waals surface area contributed by atoms with Crippen LogP contribution in [0, 0.1) is 5.95 Å². The number of hydrogen-bond donors (Lipinski definition) is 0. The van der Waals surface area contributed by atoms with E-state index in [0.29, 0.717) is 0 Å². The van der Waals surface area contributed by atoms with E-state index in [0.717, 1.165) is 12.4 Å². The Balaban J connectivity index is 2.83. The average molecular weight is 182 g/mol. The van der Waals surface area contributed by atoms with Crippen molar-refractivity contribution in [1.82, 2.24) is 9.97 Å². The quantitative estimate of drug-likeness (QED) is 0.617. The first-order chi connectivity index (χ1) is 5.49. The van der Waals surface area contributed by atoms with Crippen LogP contribution in [0.5, 0.6) is 5.88 Å². The minimum Gasteiger partial charge on any atom is -0.383 e. The molecule has 1 aromatic rings. The zero-order chi connectivity index (χ0) is 9.19. The van der Waals surface area contributed by atoms with Gasteiger partial charge in [-0.1, -0.05) is 0 Å². The SMILES string of the molecule is Fc1nccnc1OC(F)(F)F. The third-order valence-corrected chi connectivity index (χ3v) is 0.835. The van der Waals surface area contributed by atoms with Gasteiger partial charge in [-0.2, -0.15) is 4.39 Å². The molecule has 0 N–H and O–H groups in total. The lowest BCUT2D eigenvalue weighted by atomic mass is 10.7. The number of rotatable bonds is 1. The zero-order valence-electron chi connectivity index (χ0n) is 5.47. The highest BCUT2D eigenvalue weighted by molar-refractivity contribution is 5.04. The molecule has 0 amide bonds. The molecule has 0 radical (unpaired) electrons. The summed E-state index contributed by atoms with van der Waals surface area (Å²) >= 11 is 0. The summed E-state index contributed by atoms with van der Waals surface area (Å²) in [5, 5.41) is 0. The van der Waals surface area contributed by atoms with Crippen molar-refractivity contribution in [2.45, 2.75) is 6.36 Å². The Bertz CT molecular complexity index is 274. The highest BCUT2D eigenvalue weighted by Gasteiger charge is 2.33. The van der Waals surface area contributed by atoms with Crippen LogP contribution < -0.4 is 4.74 Å². The van der Waals surface area contributed by atoms with Crippen LogP contribution >= 0.6 is 0 Å². The first-order valence-electron chi connectivity index (χ1n) is 2.71. The fraction of sp³-hybridized carbons (Fsp3) is 0.200. The lowest BCUT2D eigenvalue weighted by Gasteiger charge is -2.06. The fourth-order valence-electron chi connectivity index (χ4n) is 0.486. The van der Waals surface area contributed by atoms with Gasteiger partial charge in [-0.3, -0.25) is 0 Å². The highest BCUT2D eigenvalue weighted by Crippen LogP contribution is 2.21. The number of halogens is 4. The number of alkyl halides is 3. The van der Waals surface area contributed by atoms with E-state index in [1.165, 1.54) is 0 Å². The predicted molar refractivity (Wildman–Crippen MR) is 28.7 cm³/mol. The Morgan fingerprint density at radius 1 is 1.17 bits per heavy atom. The van der Waals surface area contributed by atoms with Gasteiger partial charge >= 0.3 is 6.36 Å². The van der Waals surface area contributed by atoms with E-state index in [2.05, 4.69) is 14.7 Å². The first kappa shape index (κ1) is 8.69. The highest BCUT2D eigenvalue weighted by atomic mass is 19.4. The molecule has 0 aliphatic rings. The maximum absolute atomic E-state index is 12.3. The molecule has 0 unspecified atom stereocenters. The smallest absolute Gasteiger partial charge is 0.383 e. The van der Waals surface area contributed by atoms with Crippen LogP contribution in [0.25, 0.3) is 0 Å². The van der Waals surface area contributed by atoms with E-state index in [9.17, 15) is 17.6 Å². The molecule has 0 aliphatic heterocycles. The molecule has 3 nitrogen and oxygen atoms in total. The summed E-state index contributed by atoms with van der Waals surface area (Å²) in [5.74, 6) is -2.57. The van der Waals surface area contributed by atoms with Gasteiger partial charge in [0.05, 0.1) is 0 Å². The second-order valence-electron chi connectivity index (χ2n) is 1.70. The minimum absolute atomic E-state index is 0.893. The number of hydrogen-bond acceptors (Lipinski definition) is 3. The van der Waals surface area contributed by atoms with Gasteiger partial charge in [0.25, 0.3) is 11.8 Å². The second-order valence-corrected chi connectivity index (χ2v) is 1.70. The first-order valence-corrected chi connectivity index (χ1v) is 2.71. The van der Waals surface area contributed by atoms with E-state index in [1.807, 2.05) is 0 Å². The summed E-state index contributed by atoms with van der Waals surface area (Å²) in [5.41, 5.74) is 0. The molecular weight excluding hydrogens is 180 g/mol. The van der Waals surface area contributed by atoms with E-state index < -0.39 is 18.2 Å². The van der Waals surface area contributed by atoms with Crippen LogP contribution in [0.1, 0.15) is 0 Å². The molecule has 12 heavy (non-hydrogen) atoms. The van der Waals surface area contributed by atoms with Crippen molar-refractivity contribution in [2.75, 3.05) is 0 Å².